The van der Waals surface area contributed by atoms with Gasteiger partial charge in [-0.3, -0.25) is 0 Å². The monoisotopic (exact) mass is 252 g/mol. The Kier molecular flexibility index (Phi) is 386. The van der Waals surface area contributed by atoms with Crippen LogP contribution in [0.2, 0.25) is 0 Å². The molecule has 0 aliphatic rings. The Bertz CT molecular complexity index is 6.85. The molecule has 0 fully saturated rings. The minimum Gasteiger partial charge on any atom is -2.00 e. The van der Waals surface area contributed by atoms with Crippen LogP contribution in [0.4, 0.5) is 0 Å². The van der Waals surface area contributed by atoms with Gasteiger partial charge in [-0.05, 0) is 0 Å². The van der Waals surface area contributed by atoms with Gasteiger partial charge in [-0.2, -0.15) is 0 Å². The van der Waals surface area contributed by atoms with Gasteiger partial charge >= 0.3 is 0 Å². The Morgan fingerprint density at radius 2 is 0.600 bits per heavy atom. The fourth-order valence-corrected chi connectivity index (χ4v) is 0. The van der Waals surface area contributed by atoms with Crippen molar-refractivity contribution in [3.05, 3.63) is 0 Å². The maximum Gasteiger partial charge on any atom is 0 e. The predicted molar refractivity (Wildman–Crippen MR) is 22.1 cm³/mol. The van der Waals surface area contributed by atoms with Crippen LogP contribution in [0.25, 0.3) is 0 Å². The van der Waals surface area contributed by atoms with Gasteiger partial charge in [0.15, 0.2) is 0 Å². The molecule has 0 saturated carbocycles. The molecule has 0 aliphatic heterocycles. The average Bonchev–Trinajstić information content (AvgIpc) is 0. The molecule has 40 valence electrons. The second-order valence-electron chi connectivity index (χ2n) is 0. The van der Waals surface area contributed by atoms with Crippen LogP contribution in [0.1, 0.15) is 0 Å². The minimum absolute atomic E-state index is 0. The molecule has 0 nitrogen and oxygen atoms in total. The maximum absolute atomic E-state index is 0. The van der Waals surface area contributed by atoms with E-state index < -0.39 is 0 Å². The van der Waals surface area contributed by atoms with Gasteiger partial charge in [-0.25, -0.2) is 0 Å². The van der Waals surface area contributed by atoms with Crippen LogP contribution in [0.5, 0.6) is 0 Å². The molecule has 0 saturated heterocycles. The van der Waals surface area contributed by atoms with Crippen LogP contribution in [0, 0.1) is 0 Å². The molecule has 0 aromatic heterocycles. The van der Waals surface area contributed by atoms with Gasteiger partial charge in [0.05, 0.1) is 0 Å². The van der Waals surface area contributed by atoms with Crippen molar-refractivity contribution in [2.45, 2.75) is 0 Å². The van der Waals surface area contributed by atoms with Crippen molar-refractivity contribution in [3.63, 3.8) is 0 Å². The molecule has 0 bridgehead atoms. The molecule has 0 spiro atoms. The van der Waals surface area contributed by atoms with Crippen LogP contribution in [0.3, 0.4) is 0 Å². The van der Waals surface area contributed by atoms with E-state index in [1.54, 1.807) is 0 Å². The van der Waals surface area contributed by atoms with Gasteiger partial charge in [0.25, 0.3) is 0 Å². The summed E-state index contributed by atoms with van der Waals surface area (Å²) in [5.74, 6) is 0. The largest absolute Gasteiger partial charge is 2.00 e. The van der Waals surface area contributed by atoms with Crippen LogP contribution in [-0.4, -0.2) is 0 Å². The van der Waals surface area contributed by atoms with Crippen molar-refractivity contribution in [2.24, 2.45) is 0 Å². The van der Waals surface area contributed by atoms with E-state index in [0.29, 0.717) is 0 Å². The zero-order valence-corrected chi connectivity index (χ0v) is 7.39. The molecule has 0 heterocycles. The second-order valence-corrected chi connectivity index (χ2v) is 0. The molecule has 0 rings (SSSR count). The summed E-state index contributed by atoms with van der Waals surface area (Å²) in [6.45, 7) is 0. The summed E-state index contributed by atoms with van der Waals surface area (Å²) in [4.78, 5) is 0. The standard InChI is InChI=1S/Mo.Ni.3S/q;;3*-2. The Hall–Kier alpha value is 2.23. The van der Waals surface area contributed by atoms with E-state index in [2.05, 4.69) is 0 Å². The van der Waals surface area contributed by atoms with Gasteiger partial charge in [0, 0.05) is 37.6 Å². The fourth-order valence-electron chi connectivity index (χ4n) is 0. The van der Waals surface area contributed by atoms with Crippen LogP contribution >= 0.6 is 0 Å². The molecule has 0 unspecified atom stereocenters. The number of hydrogen-bond donors (Lipinski definition) is 0. The molecule has 0 aromatic rings. The molecular formula is MoNiS3-6. The summed E-state index contributed by atoms with van der Waals surface area (Å²) in [7, 11) is 0. The van der Waals surface area contributed by atoms with Crippen molar-refractivity contribution in [1.29, 1.82) is 0 Å². The molecule has 0 amide bonds. The zero-order valence-electron chi connectivity index (χ0n) is 1.95. The zero-order chi connectivity index (χ0) is 0. The third-order valence-corrected chi connectivity index (χ3v) is 0. The molecule has 0 radical (unpaired) electrons. The first-order valence-electron chi connectivity index (χ1n) is 0. The van der Waals surface area contributed by atoms with Crippen LogP contribution in [0.15, 0.2) is 0 Å². The van der Waals surface area contributed by atoms with E-state index in [1.807, 2.05) is 0 Å². The molecule has 5 heavy (non-hydrogen) atoms. The molecule has 0 atom stereocenters. The summed E-state index contributed by atoms with van der Waals surface area (Å²) in [5.41, 5.74) is 0. The number of rotatable bonds is 0. The Morgan fingerprint density at radius 1 is 0.600 bits per heavy atom. The van der Waals surface area contributed by atoms with Gasteiger partial charge in [0.1, 0.15) is 0 Å². The average molecular weight is 251 g/mol. The fraction of sp³-hybridized carbons (Fsp3) is 0. The SMILES string of the molecule is [Mo].[Ni].[S-2].[S-2].[S-2]. The first-order chi connectivity index (χ1) is 0. The van der Waals surface area contributed by atoms with E-state index >= 15 is 0 Å². The summed E-state index contributed by atoms with van der Waals surface area (Å²) >= 11 is 0. The Morgan fingerprint density at radius 3 is 0.600 bits per heavy atom. The van der Waals surface area contributed by atoms with Crippen LogP contribution in [-0.2, 0) is 78.0 Å². The third-order valence-electron chi connectivity index (χ3n) is 0. The van der Waals surface area contributed by atoms with Crippen molar-refractivity contribution in [3.8, 4) is 0 Å². The normalized spacial score (nSPS) is 0. The summed E-state index contributed by atoms with van der Waals surface area (Å²) in [5, 5.41) is 0. The van der Waals surface area contributed by atoms with Crippen molar-refractivity contribution < 1.29 is 37.6 Å². The second kappa shape index (κ2) is 34.2. The quantitative estimate of drug-likeness (QED) is 0.531. The maximum atomic E-state index is 0. The first-order valence-corrected chi connectivity index (χ1v) is 0. The van der Waals surface area contributed by atoms with Crippen molar-refractivity contribution >= 4 is 40.5 Å². The minimum atomic E-state index is 0. The molecule has 5 heteroatoms. The van der Waals surface area contributed by atoms with E-state index in [-0.39, 0.29) is 78.0 Å². The number of hydrogen-bond acceptors (Lipinski definition) is 0. The summed E-state index contributed by atoms with van der Waals surface area (Å²) < 4.78 is 0. The van der Waals surface area contributed by atoms with Gasteiger partial charge in [-0.15, -0.1) is 0 Å². The predicted octanol–water partition coefficient (Wildman–Crippen LogP) is -0.0122. The third kappa shape index (κ3) is 22.4. The Balaban J connectivity index is 0. The summed E-state index contributed by atoms with van der Waals surface area (Å²) in [6, 6.07) is 0. The molecule has 0 aliphatic carbocycles. The Labute approximate surface area is 77.4 Å². The smallest absolute Gasteiger partial charge is 0 e. The van der Waals surface area contributed by atoms with E-state index in [4.69, 9.17) is 0 Å². The van der Waals surface area contributed by atoms with Gasteiger partial charge in [-0.1, -0.05) is 0 Å². The van der Waals surface area contributed by atoms with E-state index in [1.165, 1.54) is 0 Å². The molecule has 0 N–H and O–H groups in total. The first kappa shape index (κ1) is 56.4. The van der Waals surface area contributed by atoms with Crippen LogP contribution < -0.4 is 0 Å². The topological polar surface area (TPSA) is 0 Å². The summed E-state index contributed by atoms with van der Waals surface area (Å²) in [6.07, 6.45) is 0. The molecular weight excluding hydrogens is 251 g/mol. The van der Waals surface area contributed by atoms with E-state index in [9.17, 15) is 0 Å². The van der Waals surface area contributed by atoms with Crippen molar-refractivity contribution in [2.75, 3.05) is 0 Å². The van der Waals surface area contributed by atoms with Gasteiger partial charge in [0.2, 0.25) is 0 Å². The van der Waals surface area contributed by atoms with E-state index in [0.717, 1.165) is 0 Å². The molecule has 0 aromatic carbocycles. The van der Waals surface area contributed by atoms with Crippen molar-refractivity contribution in [1.82, 2.24) is 0 Å². The van der Waals surface area contributed by atoms with Gasteiger partial charge < -0.3 is 40.5 Å².